The lowest BCUT2D eigenvalue weighted by atomic mass is 10.1. The minimum atomic E-state index is -0.652. The Morgan fingerprint density at radius 1 is 1.00 bits per heavy atom. The number of hydrogen-bond acceptors (Lipinski definition) is 5. The van der Waals surface area contributed by atoms with Gasteiger partial charge in [-0.25, -0.2) is 14.3 Å². The maximum absolute atomic E-state index is 13.4. The van der Waals surface area contributed by atoms with Gasteiger partial charge in [-0.05, 0) is 24.0 Å². The van der Waals surface area contributed by atoms with Gasteiger partial charge in [0.15, 0.2) is 11.2 Å². The summed E-state index contributed by atoms with van der Waals surface area (Å²) >= 11 is 0. The van der Waals surface area contributed by atoms with Gasteiger partial charge >= 0.3 is 11.7 Å². The van der Waals surface area contributed by atoms with Crippen LogP contribution in [0.3, 0.4) is 0 Å². The number of ether oxygens (including phenoxy) is 1. The molecule has 8 nitrogen and oxygen atoms in total. The lowest BCUT2D eigenvalue weighted by Gasteiger charge is -2.13. The first-order chi connectivity index (χ1) is 16.3. The predicted molar refractivity (Wildman–Crippen MR) is 130 cm³/mol. The van der Waals surface area contributed by atoms with Crippen molar-refractivity contribution in [2.75, 3.05) is 0 Å². The minimum absolute atomic E-state index is 0.0704. The highest BCUT2D eigenvalue weighted by Crippen LogP contribution is 2.12. The maximum Gasteiger partial charge on any atom is 0.333 e. The molecule has 176 valence electrons. The molecule has 0 saturated carbocycles. The zero-order valence-corrected chi connectivity index (χ0v) is 19.6. The lowest BCUT2D eigenvalue weighted by Crippen LogP contribution is -2.42. The van der Waals surface area contributed by atoms with Gasteiger partial charge in [-0.2, -0.15) is 0 Å². The van der Waals surface area contributed by atoms with Crippen LogP contribution < -0.4 is 11.2 Å². The van der Waals surface area contributed by atoms with Crippen molar-refractivity contribution in [3.63, 3.8) is 0 Å². The summed E-state index contributed by atoms with van der Waals surface area (Å²) in [5, 5.41) is 0. The van der Waals surface area contributed by atoms with Crippen LogP contribution >= 0.6 is 0 Å². The van der Waals surface area contributed by atoms with E-state index in [1.807, 2.05) is 75.4 Å². The number of carbonyl (C=O) groups is 1. The van der Waals surface area contributed by atoms with Gasteiger partial charge in [0.1, 0.15) is 13.2 Å². The second-order valence-corrected chi connectivity index (χ2v) is 8.86. The van der Waals surface area contributed by atoms with E-state index in [1.165, 1.54) is 4.57 Å². The Balaban J connectivity index is 1.72. The molecule has 0 saturated heterocycles. The van der Waals surface area contributed by atoms with Crippen molar-refractivity contribution in [2.24, 2.45) is 5.92 Å². The van der Waals surface area contributed by atoms with Crippen molar-refractivity contribution in [3.05, 3.63) is 98.5 Å². The molecule has 0 aliphatic heterocycles. The van der Waals surface area contributed by atoms with Gasteiger partial charge in [-0.1, -0.05) is 74.0 Å². The van der Waals surface area contributed by atoms with Crippen LogP contribution in [0.2, 0.25) is 0 Å². The monoisotopic (exact) mass is 460 g/mol. The molecule has 0 N–H and O–H groups in total. The number of aromatic nitrogens is 4. The SMILES string of the molecule is Cc1cccc(COC(=O)Cn2c(=O)c3c(ncn3CC(C)C)n(Cc3ccccc3)c2=O)c1. The number of rotatable bonds is 8. The van der Waals surface area contributed by atoms with Crippen molar-refractivity contribution < 1.29 is 9.53 Å². The second-order valence-electron chi connectivity index (χ2n) is 8.86. The minimum Gasteiger partial charge on any atom is -0.459 e. The average molecular weight is 461 g/mol. The molecular formula is C26H28N4O4. The van der Waals surface area contributed by atoms with Crippen LogP contribution in [0.15, 0.2) is 70.5 Å². The van der Waals surface area contributed by atoms with Crippen molar-refractivity contribution in [3.8, 4) is 0 Å². The first kappa shape index (κ1) is 23.2. The second kappa shape index (κ2) is 9.91. The summed E-state index contributed by atoms with van der Waals surface area (Å²) in [6, 6.07) is 17.1. The third-order valence-electron chi connectivity index (χ3n) is 5.50. The van der Waals surface area contributed by atoms with Crippen molar-refractivity contribution >= 4 is 17.1 Å². The highest BCUT2D eigenvalue weighted by Gasteiger charge is 2.20. The molecule has 0 fully saturated rings. The zero-order valence-electron chi connectivity index (χ0n) is 19.6. The van der Waals surface area contributed by atoms with Crippen LogP contribution in [0.25, 0.3) is 11.2 Å². The number of carbonyl (C=O) groups excluding carboxylic acids is 1. The normalized spacial score (nSPS) is 11.3. The molecule has 0 spiro atoms. The van der Waals surface area contributed by atoms with Gasteiger partial charge in [-0.15, -0.1) is 0 Å². The molecule has 4 aromatic rings. The predicted octanol–water partition coefficient (Wildman–Crippen LogP) is 3.12. The number of hydrogen-bond donors (Lipinski definition) is 0. The molecule has 0 amide bonds. The van der Waals surface area contributed by atoms with E-state index in [4.69, 9.17) is 4.74 Å². The van der Waals surface area contributed by atoms with Gasteiger partial charge in [0.05, 0.1) is 12.9 Å². The largest absolute Gasteiger partial charge is 0.459 e. The summed E-state index contributed by atoms with van der Waals surface area (Å²) in [7, 11) is 0. The van der Waals surface area contributed by atoms with E-state index < -0.39 is 23.8 Å². The Morgan fingerprint density at radius 2 is 1.74 bits per heavy atom. The number of aryl methyl sites for hydroxylation is 1. The van der Waals surface area contributed by atoms with E-state index in [0.29, 0.717) is 17.7 Å². The smallest absolute Gasteiger partial charge is 0.333 e. The number of esters is 1. The summed E-state index contributed by atoms with van der Waals surface area (Å²) in [4.78, 5) is 43.7. The maximum atomic E-state index is 13.4. The zero-order chi connectivity index (χ0) is 24.2. The molecule has 0 bridgehead atoms. The van der Waals surface area contributed by atoms with E-state index >= 15 is 0 Å². The molecule has 2 heterocycles. The summed E-state index contributed by atoms with van der Waals surface area (Å²) in [6.45, 7) is 6.41. The van der Waals surface area contributed by atoms with Gasteiger partial charge in [-0.3, -0.25) is 14.2 Å². The Kier molecular flexibility index (Phi) is 6.77. The van der Waals surface area contributed by atoms with Gasteiger partial charge in [0.2, 0.25) is 0 Å². The quantitative estimate of drug-likeness (QED) is 0.377. The van der Waals surface area contributed by atoms with Gasteiger partial charge < -0.3 is 9.30 Å². The van der Waals surface area contributed by atoms with Crippen LogP contribution in [-0.2, 0) is 35.8 Å². The fourth-order valence-corrected chi connectivity index (χ4v) is 3.96. The van der Waals surface area contributed by atoms with E-state index in [9.17, 15) is 14.4 Å². The topological polar surface area (TPSA) is 88.1 Å². The summed E-state index contributed by atoms with van der Waals surface area (Å²) in [5.41, 5.74) is 2.25. The number of nitrogens with zero attached hydrogens (tertiary/aromatic N) is 4. The number of fused-ring (bicyclic) bond motifs is 1. The van der Waals surface area contributed by atoms with E-state index in [0.717, 1.165) is 21.3 Å². The Morgan fingerprint density at radius 3 is 2.44 bits per heavy atom. The first-order valence-corrected chi connectivity index (χ1v) is 11.3. The fraction of sp³-hybridized carbons (Fsp3) is 0.308. The Bertz CT molecular complexity index is 1430. The molecule has 2 aromatic carbocycles. The Labute approximate surface area is 197 Å². The van der Waals surface area contributed by atoms with Crippen LogP contribution in [0.5, 0.6) is 0 Å². The molecule has 0 aliphatic carbocycles. The van der Waals surface area contributed by atoms with E-state index in [1.54, 1.807) is 10.9 Å². The molecular weight excluding hydrogens is 432 g/mol. The highest BCUT2D eigenvalue weighted by atomic mass is 16.5. The summed E-state index contributed by atoms with van der Waals surface area (Å²) in [6.07, 6.45) is 1.58. The lowest BCUT2D eigenvalue weighted by molar-refractivity contribution is -0.145. The molecule has 8 heteroatoms. The molecule has 0 unspecified atom stereocenters. The van der Waals surface area contributed by atoms with Crippen molar-refractivity contribution in [1.29, 1.82) is 0 Å². The van der Waals surface area contributed by atoms with Gasteiger partial charge in [0.25, 0.3) is 5.56 Å². The molecule has 34 heavy (non-hydrogen) atoms. The van der Waals surface area contributed by atoms with E-state index in [2.05, 4.69) is 4.98 Å². The van der Waals surface area contributed by atoms with Crippen molar-refractivity contribution in [1.82, 2.24) is 18.7 Å². The highest BCUT2D eigenvalue weighted by molar-refractivity contribution is 5.72. The third-order valence-corrected chi connectivity index (χ3v) is 5.50. The van der Waals surface area contributed by atoms with Crippen LogP contribution in [0, 0.1) is 12.8 Å². The molecule has 4 rings (SSSR count). The third kappa shape index (κ3) is 5.01. The van der Waals surface area contributed by atoms with E-state index in [-0.39, 0.29) is 19.1 Å². The summed E-state index contributed by atoms with van der Waals surface area (Å²) in [5.74, 6) is -0.389. The number of imidazole rings is 1. The van der Waals surface area contributed by atoms with Crippen LogP contribution in [0.4, 0.5) is 0 Å². The van der Waals surface area contributed by atoms with Gasteiger partial charge in [0, 0.05) is 6.54 Å². The summed E-state index contributed by atoms with van der Waals surface area (Å²) < 4.78 is 9.51. The fourth-order valence-electron chi connectivity index (χ4n) is 3.96. The molecule has 0 atom stereocenters. The number of benzene rings is 2. The molecule has 2 aromatic heterocycles. The van der Waals surface area contributed by atoms with Crippen molar-refractivity contribution in [2.45, 2.75) is 47.0 Å². The molecule has 0 aliphatic rings. The average Bonchev–Trinajstić information content (AvgIpc) is 3.22. The standard InChI is InChI=1S/C26H28N4O4/c1-18(2)13-28-17-27-24-23(28)25(32)30(26(33)29(24)14-20-9-5-4-6-10-20)15-22(31)34-16-21-11-7-8-19(3)12-21/h4-12,17-18H,13-16H2,1-3H3. The van der Waals surface area contributed by atoms with Crippen LogP contribution in [0.1, 0.15) is 30.5 Å². The first-order valence-electron chi connectivity index (χ1n) is 11.3. The van der Waals surface area contributed by atoms with Crippen LogP contribution in [-0.4, -0.2) is 24.7 Å². The Hall–Kier alpha value is -3.94. The molecule has 0 radical (unpaired) electrons.